The highest BCUT2D eigenvalue weighted by molar-refractivity contribution is 6.30. The minimum Gasteiger partial charge on any atom is -0.494 e. The lowest BCUT2D eigenvalue weighted by molar-refractivity contribution is 0.0944. The molecule has 216 valence electrons. The Bertz CT molecular complexity index is 1500. The molecule has 1 fully saturated rings. The van der Waals surface area contributed by atoms with Crippen LogP contribution in [0, 0.1) is 0 Å². The van der Waals surface area contributed by atoms with Gasteiger partial charge in [0.25, 0.3) is 5.91 Å². The summed E-state index contributed by atoms with van der Waals surface area (Å²) in [5.74, 6) is 0.776. The summed E-state index contributed by atoms with van der Waals surface area (Å²) < 4.78 is 7.41. The van der Waals surface area contributed by atoms with Crippen LogP contribution in [0.5, 0.6) is 5.75 Å². The average Bonchev–Trinajstić information content (AvgIpc) is 3.35. The highest BCUT2D eigenvalue weighted by Gasteiger charge is 2.25. The Labute approximate surface area is 248 Å². The van der Waals surface area contributed by atoms with Crippen molar-refractivity contribution in [3.8, 4) is 5.75 Å². The van der Waals surface area contributed by atoms with Gasteiger partial charge in [0, 0.05) is 49.8 Å². The number of fused-ring (bicyclic) bond motifs is 1. The predicted molar refractivity (Wildman–Crippen MR) is 168 cm³/mol. The van der Waals surface area contributed by atoms with Crippen LogP contribution < -0.4 is 19.9 Å². The van der Waals surface area contributed by atoms with Gasteiger partial charge in [-0.05, 0) is 86.3 Å². The number of nitrogens with zero attached hydrogens (tertiary/aromatic N) is 4. The molecule has 0 radical (unpaired) electrons. The number of carbonyl (C=O) groups is 1. The highest BCUT2D eigenvalue weighted by atomic mass is 35.5. The molecule has 2 aromatic carbocycles. The van der Waals surface area contributed by atoms with Crippen LogP contribution in [0.4, 0.5) is 11.4 Å². The van der Waals surface area contributed by atoms with Gasteiger partial charge in [-0.1, -0.05) is 37.9 Å². The minimum atomic E-state index is -0.137. The third-order valence-electron chi connectivity index (χ3n) is 7.83. The maximum Gasteiger partial charge on any atom is 0.270 e. The molecule has 5 rings (SSSR count). The lowest BCUT2D eigenvalue weighted by Gasteiger charge is -2.42. The van der Waals surface area contributed by atoms with Crippen molar-refractivity contribution in [3.63, 3.8) is 0 Å². The van der Waals surface area contributed by atoms with Crippen LogP contribution >= 0.6 is 11.6 Å². The van der Waals surface area contributed by atoms with E-state index in [9.17, 15) is 4.79 Å². The number of benzene rings is 2. The van der Waals surface area contributed by atoms with Crippen LogP contribution in [0.1, 0.15) is 61.4 Å². The van der Waals surface area contributed by atoms with E-state index >= 15 is 0 Å². The van der Waals surface area contributed by atoms with Gasteiger partial charge >= 0.3 is 0 Å². The van der Waals surface area contributed by atoms with Gasteiger partial charge in [0.05, 0.1) is 17.3 Å². The molecule has 0 bridgehead atoms. The molecule has 1 amide bonds. The summed E-state index contributed by atoms with van der Waals surface area (Å²) in [4.78, 5) is 22.9. The van der Waals surface area contributed by atoms with E-state index in [1.807, 2.05) is 19.9 Å². The van der Waals surface area contributed by atoms with Crippen LogP contribution in [0.2, 0.25) is 5.02 Å². The van der Waals surface area contributed by atoms with E-state index in [1.54, 1.807) is 16.7 Å². The van der Waals surface area contributed by atoms with Gasteiger partial charge in [0.1, 0.15) is 17.1 Å². The number of halogens is 1. The Morgan fingerprint density at radius 2 is 1.80 bits per heavy atom. The largest absolute Gasteiger partial charge is 0.494 e. The number of anilines is 2. The quantitative estimate of drug-likeness (QED) is 0.233. The van der Waals surface area contributed by atoms with Crippen molar-refractivity contribution in [2.45, 2.75) is 59.5 Å². The molecule has 1 aliphatic rings. The van der Waals surface area contributed by atoms with Crippen molar-refractivity contribution in [3.05, 3.63) is 88.3 Å². The summed E-state index contributed by atoms with van der Waals surface area (Å²) in [5.41, 5.74) is 6.96. The lowest BCUT2D eigenvalue weighted by Crippen LogP contribution is -2.52. The van der Waals surface area contributed by atoms with Gasteiger partial charge in [-0.25, -0.2) is 4.98 Å². The molecule has 0 unspecified atom stereocenters. The normalized spacial score (nSPS) is 15.4. The Kier molecular flexibility index (Phi) is 9.03. The van der Waals surface area contributed by atoms with Gasteiger partial charge in [-0.2, -0.15) is 0 Å². The number of nitrogens with one attached hydrogen (secondary N) is 1. The average molecular weight is 574 g/mol. The number of amides is 1. The van der Waals surface area contributed by atoms with E-state index in [-0.39, 0.29) is 5.91 Å². The van der Waals surface area contributed by atoms with E-state index in [0.717, 1.165) is 55.1 Å². The Balaban J connectivity index is 1.28. The van der Waals surface area contributed by atoms with Gasteiger partial charge in [0.2, 0.25) is 0 Å². The van der Waals surface area contributed by atoms with Crippen LogP contribution in [-0.4, -0.2) is 47.6 Å². The molecular formula is C33H40ClN5O2. The number of hydrogen-bond acceptors (Lipinski definition) is 5. The summed E-state index contributed by atoms with van der Waals surface area (Å²) in [5, 5.41) is 3.73. The first kappa shape index (κ1) is 28.8. The zero-order chi connectivity index (χ0) is 28.9. The fourth-order valence-corrected chi connectivity index (χ4v) is 5.93. The SMILES string of the molecule is CCCc1cc(N2CCN(c3ccc(OCC)cc3)[C@@H](C)C2)ccc1CNC(=O)c1c(CC)nc2ccc(Cl)cn12. The van der Waals surface area contributed by atoms with Crippen molar-refractivity contribution >= 4 is 34.5 Å². The van der Waals surface area contributed by atoms with Crippen LogP contribution in [-0.2, 0) is 19.4 Å². The minimum absolute atomic E-state index is 0.137. The number of rotatable bonds is 10. The first-order valence-corrected chi connectivity index (χ1v) is 15.1. The molecule has 1 atom stereocenters. The standard InChI is InChI=1S/C33H40ClN5O2/c1-5-8-24-19-28(37-17-18-38(23(4)21-37)27-12-14-29(15-13-27)41-7-3)11-9-25(24)20-35-33(40)32-30(6-2)36-31-16-10-26(34)22-39(31)32/h9-16,19,22-23H,5-8,17-18,20-21H2,1-4H3,(H,35,40)/t23-/m0/s1. The molecule has 0 saturated carbocycles. The third kappa shape index (κ3) is 6.30. The summed E-state index contributed by atoms with van der Waals surface area (Å²) >= 11 is 6.23. The summed E-state index contributed by atoms with van der Waals surface area (Å²) in [6.45, 7) is 12.5. The van der Waals surface area contributed by atoms with Crippen molar-refractivity contribution in [1.82, 2.24) is 14.7 Å². The molecule has 1 aliphatic heterocycles. The predicted octanol–water partition coefficient (Wildman–Crippen LogP) is 6.55. The molecular weight excluding hydrogens is 534 g/mol. The van der Waals surface area contributed by atoms with Crippen molar-refractivity contribution in [1.29, 1.82) is 0 Å². The van der Waals surface area contributed by atoms with Gasteiger partial charge in [0.15, 0.2) is 0 Å². The molecule has 0 aliphatic carbocycles. The lowest BCUT2D eigenvalue weighted by atomic mass is 10.0. The second-order valence-electron chi connectivity index (χ2n) is 10.6. The van der Waals surface area contributed by atoms with Gasteiger partial charge < -0.3 is 19.9 Å². The van der Waals surface area contributed by atoms with E-state index in [2.05, 4.69) is 76.4 Å². The molecule has 1 saturated heterocycles. The van der Waals surface area contributed by atoms with Crippen molar-refractivity contribution in [2.75, 3.05) is 36.0 Å². The summed E-state index contributed by atoms with van der Waals surface area (Å²) in [6.07, 6.45) is 4.43. The number of carbonyl (C=O) groups excluding carboxylic acids is 1. The molecule has 4 aromatic rings. The fraction of sp³-hybridized carbons (Fsp3) is 0.394. The topological polar surface area (TPSA) is 62.1 Å². The van der Waals surface area contributed by atoms with Crippen molar-refractivity contribution < 1.29 is 9.53 Å². The van der Waals surface area contributed by atoms with Gasteiger partial charge in [-0.3, -0.25) is 9.20 Å². The third-order valence-corrected chi connectivity index (χ3v) is 8.05. The Morgan fingerprint density at radius 3 is 2.51 bits per heavy atom. The number of piperazine rings is 1. The van der Waals surface area contributed by atoms with Crippen LogP contribution in [0.15, 0.2) is 60.8 Å². The first-order valence-electron chi connectivity index (χ1n) is 14.7. The molecule has 0 spiro atoms. The Morgan fingerprint density at radius 1 is 1.02 bits per heavy atom. The highest BCUT2D eigenvalue weighted by Crippen LogP contribution is 2.28. The number of aryl methyl sites for hydroxylation is 2. The van der Waals surface area contributed by atoms with Crippen LogP contribution in [0.25, 0.3) is 5.65 Å². The summed E-state index contributed by atoms with van der Waals surface area (Å²) in [6, 6.07) is 19.1. The zero-order valence-electron chi connectivity index (χ0n) is 24.5. The van der Waals surface area contributed by atoms with Crippen LogP contribution in [0.3, 0.4) is 0 Å². The molecule has 3 heterocycles. The molecule has 7 nitrogen and oxygen atoms in total. The monoisotopic (exact) mass is 573 g/mol. The second kappa shape index (κ2) is 12.9. The Hall–Kier alpha value is -3.71. The molecule has 2 aromatic heterocycles. The van der Waals surface area contributed by atoms with Crippen molar-refractivity contribution in [2.24, 2.45) is 0 Å². The number of hydrogen-bond donors (Lipinski definition) is 1. The van der Waals surface area contributed by atoms with E-state index in [1.165, 1.54) is 16.9 Å². The van der Waals surface area contributed by atoms with E-state index in [0.29, 0.717) is 36.3 Å². The number of ether oxygens (including phenoxy) is 1. The maximum atomic E-state index is 13.4. The molecule has 8 heteroatoms. The second-order valence-corrected chi connectivity index (χ2v) is 11.1. The zero-order valence-corrected chi connectivity index (χ0v) is 25.2. The fourth-order valence-electron chi connectivity index (χ4n) is 5.77. The van der Waals surface area contributed by atoms with Gasteiger partial charge in [-0.15, -0.1) is 0 Å². The van der Waals surface area contributed by atoms with E-state index in [4.69, 9.17) is 16.3 Å². The smallest absolute Gasteiger partial charge is 0.270 e. The number of aromatic nitrogens is 2. The molecule has 41 heavy (non-hydrogen) atoms. The number of imidazole rings is 1. The first-order chi connectivity index (χ1) is 19.9. The maximum absolute atomic E-state index is 13.4. The molecule has 1 N–H and O–H groups in total. The summed E-state index contributed by atoms with van der Waals surface area (Å²) in [7, 11) is 0. The number of pyridine rings is 1. The van der Waals surface area contributed by atoms with E-state index < -0.39 is 0 Å².